The smallest absolute Gasteiger partial charge is 0.348 e. The standard InChI is InChI=1S/C10H14F5NO/c1-6(7-4-2-3-5-7)16-8(17)9(11,12)10(13,14)15/h6-7H,2-5H2,1H3,(H,16,17)/t6-/m0/s1. The van der Waals surface area contributed by atoms with Crippen LogP contribution in [0.3, 0.4) is 0 Å². The number of hydrogen-bond donors (Lipinski definition) is 1. The maximum atomic E-state index is 12.6. The van der Waals surface area contributed by atoms with Crippen molar-refractivity contribution in [3.05, 3.63) is 0 Å². The second kappa shape index (κ2) is 4.78. The summed E-state index contributed by atoms with van der Waals surface area (Å²) in [6, 6.07) is -0.654. The minimum absolute atomic E-state index is 0.0111. The lowest BCUT2D eigenvalue weighted by molar-refractivity contribution is -0.270. The highest BCUT2D eigenvalue weighted by Crippen LogP contribution is 2.36. The zero-order chi connectivity index (χ0) is 13.3. The molecule has 1 N–H and O–H groups in total. The summed E-state index contributed by atoms with van der Waals surface area (Å²) in [5.41, 5.74) is 0. The Hall–Kier alpha value is -0.880. The fraction of sp³-hybridized carbons (Fsp3) is 0.900. The Morgan fingerprint density at radius 2 is 1.65 bits per heavy atom. The van der Waals surface area contributed by atoms with E-state index in [9.17, 15) is 26.7 Å². The topological polar surface area (TPSA) is 29.1 Å². The average molecular weight is 259 g/mol. The van der Waals surface area contributed by atoms with Gasteiger partial charge in [0.2, 0.25) is 0 Å². The molecular weight excluding hydrogens is 245 g/mol. The van der Waals surface area contributed by atoms with Crippen molar-refractivity contribution in [3.63, 3.8) is 0 Å². The van der Waals surface area contributed by atoms with Gasteiger partial charge in [-0.3, -0.25) is 4.79 Å². The van der Waals surface area contributed by atoms with Crippen LogP contribution in [0.1, 0.15) is 32.6 Å². The van der Waals surface area contributed by atoms with E-state index < -0.39 is 24.0 Å². The third-order valence-electron chi connectivity index (χ3n) is 3.11. The molecule has 0 spiro atoms. The molecule has 17 heavy (non-hydrogen) atoms. The highest BCUT2D eigenvalue weighted by Gasteiger charge is 2.63. The Bertz CT molecular complexity index is 283. The van der Waals surface area contributed by atoms with Crippen LogP contribution in [0, 0.1) is 5.92 Å². The van der Waals surface area contributed by atoms with Crippen LogP contribution in [0.5, 0.6) is 0 Å². The van der Waals surface area contributed by atoms with Crippen LogP contribution in [-0.4, -0.2) is 24.0 Å². The number of halogens is 5. The summed E-state index contributed by atoms with van der Waals surface area (Å²) >= 11 is 0. The summed E-state index contributed by atoms with van der Waals surface area (Å²) in [5.74, 6) is -7.59. The lowest BCUT2D eigenvalue weighted by atomic mass is 9.99. The van der Waals surface area contributed by atoms with Crippen molar-refractivity contribution < 1.29 is 26.7 Å². The summed E-state index contributed by atoms with van der Waals surface area (Å²) in [6.07, 6.45) is -2.51. The quantitative estimate of drug-likeness (QED) is 0.776. The molecule has 1 atom stereocenters. The van der Waals surface area contributed by atoms with Crippen molar-refractivity contribution in [1.82, 2.24) is 5.32 Å². The van der Waals surface area contributed by atoms with E-state index in [1.807, 2.05) is 0 Å². The highest BCUT2D eigenvalue weighted by molar-refractivity contribution is 5.84. The van der Waals surface area contributed by atoms with Crippen LogP contribution in [0.15, 0.2) is 0 Å². The Balaban J connectivity index is 2.59. The van der Waals surface area contributed by atoms with Crippen molar-refractivity contribution >= 4 is 5.91 Å². The molecule has 1 saturated carbocycles. The molecule has 0 saturated heterocycles. The summed E-state index contributed by atoms with van der Waals surface area (Å²) in [4.78, 5) is 10.9. The lowest BCUT2D eigenvalue weighted by Gasteiger charge is -2.24. The van der Waals surface area contributed by atoms with E-state index >= 15 is 0 Å². The van der Waals surface area contributed by atoms with Gasteiger partial charge in [-0.2, -0.15) is 22.0 Å². The summed E-state index contributed by atoms with van der Waals surface area (Å²) in [7, 11) is 0. The first-order valence-electron chi connectivity index (χ1n) is 5.41. The first kappa shape index (κ1) is 14.2. The van der Waals surface area contributed by atoms with Gasteiger partial charge in [0.05, 0.1) is 0 Å². The SMILES string of the molecule is C[C@H](NC(=O)C(F)(F)C(F)(F)F)C1CCCC1. The van der Waals surface area contributed by atoms with Gasteiger partial charge in [0.25, 0.3) is 0 Å². The van der Waals surface area contributed by atoms with Crippen molar-refractivity contribution in [2.75, 3.05) is 0 Å². The van der Waals surface area contributed by atoms with Crippen molar-refractivity contribution in [2.45, 2.75) is 50.7 Å². The maximum absolute atomic E-state index is 12.6. The molecule has 2 nitrogen and oxygen atoms in total. The van der Waals surface area contributed by atoms with E-state index in [0.717, 1.165) is 25.7 Å². The molecule has 0 heterocycles. The minimum atomic E-state index is -5.84. The van der Waals surface area contributed by atoms with Gasteiger partial charge in [-0.05, 0) is 25.7 Å². The van der Waals surface area contributed by atoms with Crippen LogP contribution in [-0.2, 0) is 4.79 Å². The largest absolute Gasteiger partial charge is 0.463 e. The molecule has 1 rings (SSSR count). The van der Waals surface area contributed by atoms with E-state index in [-0.39, 0.29) is 5.92 Å². The van der Waals surface area contributed by atoms with Crippen LogP contribution in [0.25, 0.3) is 0 Å². The average Bonchev–Trinajstić information content (AvgIpc) is 2.68. The Morgan fingerprint density at radius 1 is 1.18 bits per heavy atom. The predicted molar refractivity (Wildman–Crippen MR) is 50.6 cm³/mol. The molecule has 1 fully saturated rings. The number of rotatable bonds is 3. The summed E-state index contributed by atoms with van der Waals surface area (Å²) in [5, 5.41) is 1.76. The molecule has 0 aromatic carbocycles. The van der Waals surface area contributed by atoms with E-state index in [2.05, 4.69) is 0 Å². The van der Waals surface area contributed by atoms with Gasteiger partial charge in [0, 0.05) is 6.04 Å². The van der Waals surface area contributed by atoms with Gasteiger partial charge >= 0.3 is 18.0 Å². The molecule has 7 heteroatoms. The van der Waals surface area contributed by atoms with Gasteiger partial charge in [-0.1, -0.05) is 12.8 Å². The Labute approximate surface area is 95.6 Å². The number of amides is 1. The first-order chi connectivity index (χ1) is 7.66. The molecule has 0 bridgehead atoms. The van der Waals surface area contributed by atoms with Crippen molar-refractivity contribution in [3.8, 4) is 0 Å². The minimum Gasteiger partial charge on any atom is -0.348 e. The highest BCUT2D eigenvalue weighted by atomic mass is 19.4. The third-order valence-corrected chi connectivity index (χ3v) is 3.11. The summed E-state index contributed by atoms with van der Waals surface area (Å²) in [6.45, 7) is 1.46. The van der Waals surface area contributed by atoms with Gasteiger partial charge in [0.15, 0.2) is 0 Å². The van der Waals surface area contributed by atoms with Gasteiger partial charge in [0.1, 0.15) is 0 Å². The second-order valence-electron chi connectivity index (χ2n) is 4.38. The second-order valence-corrected chi connectivity index (χ2v) is 4.38. The number of nitrogens with one attached hydrogen (secondary N) is 1. The predicted octanol–water partition coefficient (Wildman–Crippen LogP) is 2.88. The summed E-state index contributed by atoms with van der Waals surface area (Å²) < 4.78 is 61.0. The van der Waals surface area contributed by atoms with Crippen molar-refractivity contribution in [2.24, 2.45) is 5.92 Å². The molecule has 1 aliphatic rings. The van der Waals surface area contributed by atoms with Crippen molar-refractivity contribution in [1.29, 1.82) is 0 Å². The maximum Gasteiger partial charge on any atom is 0.463 e. The number of alkyl halides is 5. The molecular formula is C10H14F5NO. The van der Waals surface area contributed by atoms with E-state index in [4.69, 9.17) is 0 Å². The van der Waals surface area contributed by atoms with Gasteiger partial charge in [-0.25, -0.2) is 0 Å². The molecule has 0 aromatic rings. The van der Waals surface area contributed by atoms with Crippen LogP contribution >= 0.6 is 0 Å². The molecule has 0 unspecified atom stereocenters. The Morgan fingerprint density at radius 3 is 2.06 bits per heavy atom. The molecule has 0 aliphatic heterocycles. The molecule has 100 valence electrons. The van der Waals surface area contributed by atoms with Gasteiger partial charge < -0.3 is 5.32 Å². The first-order valence-corrected chi connectivity index (χ1v) is 5.41. The molecule has 1 amide bonds. The Kier molecular flexibility index (Phi) is 3.99. The van der Waals surface area contributed by atoms with E-state index in [0.29, 0.717) is 0 Å². The zero-order valence-corrected chi connectivity index (χ0v) is 9.28. The van der Waals surface area contributed by atoms with E-state index in [1.54, 1.807) is 5.32 Å². The normalized spacial score (nSPS) is 20.4. The molecule has 0 aromatic heterocycles. The molecule has 1 aliphatic carbocycles. The lowest BCUT2D eigenvalue weighted by Crippen LogP contribution is -2.53. The van der Waals surface area contributed by atoms with Crippen LogP contribution in [0.4, 0.5) is 22.0 Å². The number of carbonyl (C=O) groups excluding carboxylic acids is 1. The van der Waals surface area contributed by atoms with Crippen LogP contribution in [0.2, 0.25) is 0 Å². The van der Waals surface area contributed by atoms with E-state index in [1.165, 1.54) is 6.92 Å². The fourth-order valence-corrected chi connectivity index (χ4v) is 2.00. The third kappa shape index (κ3) is 3.07. The zero-order valence-electron chi connectivity index (χ0n) is 9.28. The molecule has 0 radical (unpaired) electrons. The number of hydrogen-bond acceptors (Lipinski definition) is 1. The number of carbonyl (C=O) groups is 1. The fourth-order valence-electron chi connectivity index (χ4n) is 2.00. The van der Waals surface area contributed by atoms with Crippen LogP contribution < -0.4 is 5.32 Å². The monoisotopic (exact) mass is 259 g/mol. The van der Waals surface area contributed by atoms with Gasteiger partial charge in [-0.15, -0.1) is 0 Å².